The molecule has 116 valence electrons. The van der Waals surface area contributed by atoms with Crippen LogP contribution in [0.1, 0.15) is 38.3 Å². The molecule has 0 bridgehead atoms. The molecule has 0 saturated carbocycles. The number of hydrogen-bond donors (Lipinski definition) is 1. The van der Waals surface area contributed by atoms with E-state index >= 15 is 0 Å². The number of fused-ring (bicyclic) bond motifs is 1. The zero-order chi connectivity index (χ0) is 16.3. The highest BCUT2D eigenvalue weighted by Crippen LogP contribution is 2.19. The standard InChI is InChI=1S/C15H14N2O3.C2H6/c1-9-3-2-4-10-7-8-17(15(20)13(9)10)11-5-6-12(18)16-14(11)19;1-2/h2-4,7-8,11H,5-6H2,1H3,(H,16,18,19);1-2H3. The van der Waals surface area contributed by atoms with Crippen LogP contribution in [0.3, 0.4) is 0 Å². The van der Waals surface area contributed by atoms with Gasteiger partial charge < -0.3 is 4.57 Å². The fourth-order valence-electron chi connectivity index (χ4n) is 2.67. The Morgan fingerprint density at radius 3 is 2.55 bits per heavy atom. The number of nitrogens with zero attached hydrogens (tertiary/aromatic N) is 1. The molecule has 1 N–H and O–H groups in total. The first-order chi connectivity index (χ1) is 10.6. The zero-order valence-electron chi connectivity index (χ0n) is 13.1. The van der Waals surface area contributed by atoms with Crippen molar-refractivity contribution >= 4 is 22.6 Å². The van der Waals surface area contributed by atoms with Gasteiger partial charge in [-0.1, -0.05) is 32.0 Å². The van der Waals surface area contributed by atoms with Gasteiger partial charge in [0, 0.05) is 12.6 Å². The Balaban J connectivity index is 0.000000847. The van der Waals surface area contributed by atoms with Gasteiger partial charge in [-0.3, -0.25) is 19.7 Å². The van der Waals surface area contributed by atoms with E-state index < -0.39 is 11.9 Å². The van der Waals surface area contributed by atoms with Crippen LogP contribution in [0.25, 0.3) is 10.8 Å². The van der Waals surface area contributed by atoms with Gasteiger partial charge in [-0.15, -0.1) is 0 Å². The Morgan fingerprint density at radius 2 is 1.86 bits per heavy atom. The molecule has 1 saturated heterocycles. The monoisotopic (exact) mass is 300 g/mol. The lowest BCUT2D eigenvalue weighted by atomic mass is 10.0. The number of carbonyl (C=O) groups is 2. The number of piperidine rings is 1. The first kappa shape index (κ1) is 15.9. The molecule has 2 aromatic rings. The topological polar surface area (TPSA) is 68.2 Å². The molecule has 1 aromatic heterocycles. The van der Waals surface area contributed by atoms with Crippen molar-refractivity contribution < 1.29 is 9.59 Å². The fraction of sp³-hybridized carbons (Fsp3) is 0.353. The molecule has 1 aliphatic heterocycles. The Labute approximate surface area is 128 Å². The largest absolute Gasteiger partial charge is 0.302 e. The van der Waals surface area contributed by atoms with Gasteiger partial charge in [0.15, 0.2) is 0 Å². The lowest BCUT2D eigenvalue weighted by molar-refractivity contribution is -0.135. The lowest BCUT2D eigenvalue weighted by Gasteiger charge is -2.23. The maximum Gasteiger partial charge on any atom is 0.259 e. The van der Waals surface area contributed by atoms with Gasteiger partial charge in [0.05, 0.1) is 5.39 Å². The molecule has 1 atom stereocenters. The van der Waals surface area contributed by atoms with E-state index in [2.05, 4.69) is 5.32 Å². The predicted octanol–water partition coefficient (Wildman–Crippen LogP) is 2.31. The van der Waals surface area contributed by atoms with Gasteiger partial charge >= 0.3 is 0 Å². The molecular formula is C17H20N2O3. The van der Waals surface area contributed by atoms with Gasteiger partial charge in [-0.25, -0.2) is 0 Å². The van der Waals surface area contributed by atoms with Gasteiger partial charge in [-0.2, -0.15) is 0 Å². The second-order valence-electron chi connectivity index (χ2n) is 5.03. The van der Waals surface area contributed by atoms with Crippen molar-refractivity contribution in [3.05, 3.63) is 46.4 Å². The second-order valence-corrected chi connectivity index (χ2v) is 5.03. The average Bonchev–Trinajstić information content (AvgIpc) is 2.51. The van der Waals surface area contributed by atoms with Crippen LogP contribution in [0, 0.1) is 6.92 Å². The summed E-state index contributed by atoms with van der Waals surface area (Å²) in [7, 11) is 0. The number of aromatic nitrogens is 1. The summed E-state index contributed by atoms with van der Waals surface area (Å²) in [5.41, 5.74) is 0.698. The van der Waals surface area contributed by atoms with E-state index in [1.54, 1.807) is 6.20 Å². The number of aryl methyl sites for hydroxylation is 1. The Hall–Kier alpha value is -2.43. The van der Waals surface area contributed by atoms with Gasteiger partial charge in [0.1, 0.15) is 6.04 Å². The first-order valence-corrected chi connectivity index (χ1v) is 7.52. The third kappa shape index (κ3) is 2.79. The van der Waals surface area contributed by atoms with E-state index in [1.807, 2.05) is 45.0 Å². The lowest BCUT2D eigenvalue weighted by Crippen LogP contribution is -2.44. The highest BCUT2D eigenvalue weighted by atomic mass is 16.2. The smallest absolute Gasteiger partial charge is 0.259 e. The maximum atomic E-state index is 12.6. The minimum Gasteiger partial charge on any atom is -0.302 e. The van der Waals surface area contributed by atoms with Gasteiger partial charge in [-0.05, 0) is 30.4 Å². The summed E-state index contributed by atoms with van der Waals surface area (Å²) in [4.78, 5) is 35.6. The van der Waals surface area contributed by atoms with Crippen LogP contribution in [0.15, 0.2) is 35.3 Å². The van der Waals surface area contributed by atoms with Crippen molar-refractivity contribution in [2.75, 3.05) is 0 Å². The molecule has 3 rings (SSSR count). The number of carbonyl (C=O) groups excluding carboxylic acids is 2. The van der Waals surface area contributed by atoms with Gasteiger partial charge in [0.25, 0.3) is 5.56 Å². The summed E-state index contributed by atoms with van der Waals surface area (Å²) in [6.07, 6.45) is 2.25. The Morgan fingerprint density at radius 1 is 1.14 bits per heavy atom. The van der Waals surface area contributed by atoms with Gasteiger partial charge in [0.2, 0.25) is 11.8 Å². The number of rotatable bonds is 1. The molecule has 1 unspecified atom stereocenters. The SMILES string of the molecule is CC.Cc1cccc2ccn(C3CCC(=O)NC3=O)c(=O)c12. The van der Waals surface area contributed by atoms with Crippen molar-refractivity contribution in [3.63, 3.8) is 0 Å². The molecule has 2 amide bonds. The van der Waals surface area contributed by atoms with Crippen molar-refractivity contribution in [2.45, 2.75) is 39.7 Å². The summed E-state index contributed by atoms with van der Waals surface area (Å²) in [5, 5.41) is 3.76. The third-order valence-corrected chi connectivity index (χ3v) is 3.71. The summed E-state index contributed by atoms with van der Waals surface area (Å²) in [6.45, 7) is 5.87. The van der Waals surface area contributed by atoms with Crippen molar-refractivity contribution in [2.24, 2.45) is 0 Å². The number of hydrogen-bond acceptors (Lipinski definition) is 3. The van der Waals surface area contributed by atoms with E-state index in [0.29, 0.717) is 11.8 Å². The van der Waals surface area contributed by atoms with Crippen LogP contribution in [-0.4, -0.2) is 16.4 Å². The summed E-state index contributed by atoms with van der Waals surface area (Å²) < 4.78 is 1.43. The van der Waals surface area contributed by atoms with E-state index in [0.717, 1.165) is 10.9 Å². The first-order valence-electron chi connectivity index (χ1n) is 7.52. The summed E-state index contributed by atoms with van der Waals surface area (Å²) >= 11 is 0. The summed E-state index contributed by atoms with van der Waals surface area (Å²) in [5.74, 6) is -0.687. The highest BCUT2D eigenvalue weighted by Gasteiger charge is 2.28. The molecule has 1 aliphatic rings. The molecular weight excluding hydrogens is 280 g/mol. The van der Waals surface area contributed by atoms with E-state index in [1.165, 1.54) is 4.57 Å². The third-order valence-electron chi connectivity index (χ3n) is 3.71. The van der Waals surface area contributed by atoms with E-state index in [9.17, 15) is 14.4 Å². The number of benzene rings is 1. The number of pyridine rings is 1. The number of amides is 2. The maximum absolute atomic E-state index is 12.6. The van der Waals surface area contributed by atoms with Crippen LogP contribution in [0.5, 0.6) is 0 Å². The minimum absolute atomic E-state index is 0.185. The zero-order valence-corrected chi connectivity index (χ0v) is 13.1. The molecule has 2 heterocycles. The van der Waals surface area contributed by atoms with Crippen LogP contribution in [0.4, 0.5) is 0 Å². The summed E-state index contributed by atoms with van der Waals surface area (Å²) in [6, 6.07) is 6.86. The van der Waals surface area contributed by atoms with Crippen molar-refractivity contribution in [3.8, 4) is 0 Å². The molecule has 0 radical (unpaired) electrons. The molecule has 5 nitrogen and oxygen atoms in total. The van der Waals surface area contributed by atoms with Crippen LogP contribution in [-0.2, 0) is 9.59 Å². The molecule has 0 aliphatic carbocycles. The van der Waals surface area contributed by atoms with Crippen LogP contribution in [0.2, 0.25) is 0 Å². The Kier molecular flexibility index (Phi) is 4.75. The fourth-order valence-corrected chi connectivity index (χ4v) is 2.67. The second kappa shape index (κ2) is 6.56. The normalized spacial score (nSPS) is 17.7. The number of nitrogens with one attached hydrogen (secondary N) is 1. The molecule has 1 fully saturated rings. The Bertz CT molecular complexity index is 777. The average molecular weight is 300 g/mol. The minimum atomic E-state index is -0.607. The number of imide groups is 1. The highest BCUT2D eigenvalue weighted by molar-refractivity contribution is 5.99. The van der Waals surface area contributed by atoms with E-state index in [-0.39, 0.29) is 17.9 Å². The molecule has 5 heteroatoms. The van der Waals surface area contributed by atoms with Crippen LogP contribution >= 0.6 is 0 Å². The quantitative estimate of drug-likeness (QED) is 0.822. The van der Waals surface area contributed by atoms with E-state index in [4.69, 9.17) is 0 Å². The predicted molar refractivity (Wildman–Crippen MR) is 85.7 cm³/mol. The van der Waals surface area contributed by atoms with Crippen molar-refractivity contribution in [1.82, 2.24) is 9.88 Å². The van der Waals surface area contributed by atoms with Crippen molar-refractivity contribution in [1.29, 1.82) is 0 Å². The molecule has 0 spiro atoms. The molecule has 1 aromatic carbocycles. The molecule has 22 heavy (non-hydrogen) atoms. The van der Waals surface area contributed by atoms with Crippen LogP contribution < -0.4 is 10.9 Å².